The van der Waals surface area contributed by atoms with Crippen molar-refractivity contribution in [3.05, 3.63) is 29.8 Å². The van der Waals surface area contributed by atoms with Crippen LogP contribution < -0.4 is 15.4 Å². The molecule has 1 saturated carbocycles. The number of carbonyl (C=O) groups excluding carboxylic acids is 3. The molecule has 1 aromatic carbocycles. The summed E-state index contributed by atoms with van der Waals surface area (Å²) in [5, 5.41) is 5.60. The number of benzene rings is 1. The number of urea groups is 1. The minimum Gasteiger partial charge on any atom is -0.496 e. The van der Waals surface area contributed by atoms with Crippen LogP contribution in [0.15, 0.2) is 24.3 Å². The van der Waals surface area contributed by atoms with Crippen molar-refractivity contribution in [1.82, 2.24) is 15.5 Å². The van der Waals surface area contributed by atoms with Gasteiger partial charge in [0.15, 0.2) is 0 Å². The van der Waals surface area contributed by atoms with Crippen LogP contribution in [0.5, 0.6) is 5.75 Å². The number of ether oxygens (including phenoxy) is 1. The zero-order valence-corrected chi connectivity index (χ0v) is 15.9. The van der Waals surface area contributed by atoms with E-state index in [1.165, 1.54) is 0 Å². The van der Waals surface area contributed by atoms with Crippen molar-refractivity contribution < 1.29 is 19.1 Å². The highest BCUT2D eigenvalue weighted by Gasteiger charge is 2.52. The summed E-state index contributed by atoms with van der Waals surface area (Å²) in [4.78, 5) is 38.5. The normalized spacial score (nSPS) is 24.8. The Labute approximate surface area is 159 Å². The number of methoxy groups -OCH3 is 1. The molecule has 1 heterocycles. The second-order valence-corrected chi connectivity index (χ2v) is 7.34. The number of rotatable bonds is 6. The molecule has 4 amide bonds. The van der Waals surface area contributed by atoms with Crippen LogP contribution in [-0.4, -0.2) is 41.9 Å². The van der Waals surface area contributed by atoms with Gasteiger partial charge in [0.05, 0.1) is 7.11 Å². The topological polar surface area (TPSA) is 87.7 Å². The first-order valence-corrected chi connectivity index (χ1v) is 9.52. The van der Waals surface area contributed by atoms with Gasteiger partial charge in [-0.25, -0.2) is 4.79 Å². The Hall–Kier alpha value is -2.57. The van der Waals surface area contributed by atoms with Gasteiger partial charge in [-0.15, -0.1) is 0 Å². The van der Waals surface area contributed by atoms with E-state index < -0.39 is 11.6 Å². The second kappa shape index (κ2) is 7.98. The van der Waals surface area contributed by atoms with Gasteiger partial charge in [-0.2, -0.15) is 0 Å². The highest BCUT2D eigenvalue weighted by Crippen LogP contribution is 2.37. The second-order valence-electron chi connectivity index (χ2n) is 7.34. The summed E-state index contributed by atoms with van der Waals surface area (Å²) in [5.41, 5.74) is 0.0194. The lowest BCUT2D eigenvalue weighted by molar-refractivity contribution is -0.136. The molecule has 0 aromatic heterocycles. The fourth-order valence-electron chi connectivity index (χ4n) is 3.98. The predicted molar refractivity (Wildman–Crippen MR) is 100 cm³/mol. The molecule has 1 saturated heterocycles. The maximum atomic E-state index is 12.8. The first-order chi connectivity index (χ1) is 13.0. The van der Waals surface area contributed by atoms with Gasteiger partial charge in [0.1, 0.15) is 17.8 Å². The van der Waals surface area contributed by atoms with Gasteiger partial charge in [-0.3, -0.25) is 14.5 Å². The minimum absolute atomic E-state index is 0.265. The van der Waals surface area contributed by atoms with Crippen LogP contribution >= 0.6 is 0 Å². The number of carbonyl (C=O) groups is 3. The molecule has 0 radical (unpaired) electrons. The van der Waals surface area contributed by atoms with E-state index in [4.69, 9.17) is 4.74 Å². The standard InChI is InChI=1S/C20H27N3O4/c1-3-14-8-10-20(11-9-14)18(25)23(19(26)22-20)13-17(24)21-12-15-6-4-5-7-16(15)27-2/h4-7,14H,3,8-13H2,1-2H3,(H,21,24)(H,22,26). The van der Waals surface area contributed by atoms with Crippen molar-refractivity contribution in [1.29, 1.82) is 0 Å². The molecule has 0 bridgehead atoms. The molecule has 1 spiro atoms. The van der Waals surface area contributed by atoms with Gasteiger partial charge in [0.2, 0.25) is 5.91 Å². The third-order valence-electron chi connectivity index (χ3n) is 5.75. The molecule has 2 N–H and O–H groups in total. The van der Waals surface area contributed by atoms with Gasteiger partial charge in [0, 0.05) is 12.1 Å². The number of hydrogen-bond acceptors (Lipinski definition) is 4. The predicted octanol–water partition coefficient (Wildman–Crippen LogP) is 2.20. The van der Waals surface area contributed by atoms with Crippen molar-refractivity contribution in [2.45, 2.75) is 51.1 Å². The molecule has 7 heteroatoms. The van der Waals surface area contributed by atoms with Crippen LogP contribution in [-0.2, 0) is 16.1 Å². The zero-order chi connectivity index (χ0) is 19.4. The molecular formula is C20H27N3O4. The van der Waals surface area contributed by atoms with Crippen LogP contribution in [0.3, 0.4) is 0 Å². The number of imide groups is 1. The van der Waals surface area contributed by atoms with E-state index in [2.05, 4.69) is 17.6 Å². The van der Waals surface area contributed by atoms with Crippen molar-refractivity contribution in [3.8, 4) is 5.75 Å². The van der Waals surface area contributed by atoms with Crippen LogP contribution in [0.4, 0.5) is 4.79 Å². The zero-order valence-electron chi connectivity index (χ0n) is 15.9. The Bertz CT molecular complexity index is 726. The molecule has 7 nitrogen and oxygen atoms in total. The number of para-hydroxylation sites is 1. The molecule has 2 fully saturated rings. The molecule has 0 atom stereocenters. The third kappa shape index (κ3) is 3.91. The molecule has 3 rings (SSSR count). The minimum atomic E-state index is -0.814. The summed E-state index contributed by atoms with van der Waals surface area (Å²) in [6.07, 6.45) is 4.24. The van der Waals surface area contributed by atoms with Gasteiger partial charge in [-0.1, -0.05) is 31.5 Å². The Morgan fingerprint density at radius 1 is 1.30 bits per heavy atom. The fraction of sp³-hybridized carbons (Fsp3) is 0.550. The van der Waals surface area contributed by atoms with Crippen molar-refractivity contribution in [3.63, 3.8) is 0 Å². The lowest BCUT2D eigenvalue weighted by Gasteiger charge is -2.34. The number of nitrogens with zero attached hydrogens (tertiary/aromatic N) is 1. The summed E-state index contributed by atoms with van der Waals surface area (Å²) >= 11 is 0. The summed E-state index contributed by atoms with van der Waals surface area (Å²) in [5.74, 6) is 0.649. The van der Waals surface area contributed by atoms with Crippen LogP contribution in [0.1, 0.15) is 44.6 Å². The maximum absolute atomic E-state index is 12.8. The smallest absolute Gasteiger partial charge is 0.325 e. The Balaban J connectivity index is 1.58. The van der Waals surface area contributed by atoms with Gasteiger partial charge < -0.3 is 15.4 Å². The number of nitrogens with one attached hydrogen (secondary N) is 2. The van der Waals surface area contributed by atoms with E-state index in [-0.39, 0.29) is 24.9 Å². The maximum Gasteiger partial charge on any atom is 0.325 e. The lowest BCUT2D eigenvalue weighted by atomic mass is 9.75. The summed E-state index contributed by atoms with van der Waals surface area (Å²) in [6.45, 7) is 2.16. The Morgan fingerprint density at radius 3 is 2.67 bits per heavy atom. The molecule has 1 aliphatic heterocycles. The highest BCUT2D eigenvalue weighted by molar-refractivity contribution is 6.09. The molecule has 0 unspecified atom stereocenters. The monoisotopic (exact) mass is 373 g/mol. The molecule has 1 aromatic rings. The average Bonchev–Trinajstić information content (AvgIpc) is 2.91. The van der Waals surface area contributed by atoms with Crippen molar-refractivity contribution >= 4 is 17.8 Å². The van der Waals surface area contributed by atoms with Crippen LogP contribution in [0.2, 0.25) is 0 Å². The molecule has 2 aliphatic rings. The summed E-state index contributed by atoms with van der Waals surface area (Å²) < 4.78 is 5.26. The van der Waals surface area contributed by atoms with Crippen molar-refractivity contribution in [2.75, 3.05) is 13.7 Å². The summed E-state index contributed by atoms with van der Waals surface area (Å²) in [6, 6.07) is 6.91. The van der Waals surface area contributed by atoms with E-state index in [1.807, 2.05) is 24.3 Å². The van der Waals surface area contributed by atoms with E-state index >= 15 is 0 Å². The van der Waals surface area contributed by atoms with Gasteiger partial charge in [-0.05, 0) is 37.7 Å². The lowest BCUT2D eigenvalue weighted by Crippen LogP contribution is -2.50. The van der Waals surface area contributed by atoms with Crippen molar-refractivity contribution in [2.24, 2.45) is 5.92 Å². The van der Waals surface area contributed by atoms with Gasteiger partial charge >= 0.3 is 6.03 Å². The van der Waals surface area contributed by atoms with Crippen LogP contribution in [0, 0.1) is 5.92 Å². The van der Waals surface area contributed by atoms with E-state index in [9.17, 15) is 14.4 Å². The van der Waals surface area contributed by atoms with E-state index in [0.29, 0.717) is 24.5 Å². The molecule has 27 heavy (non-hydrogen) atoms. The Morgan fingerprint density at radius 2 is 2.00 bits per heavy atom. The fourth-order valence-corrected chi connectivity index (χ4v) is 3.98. The number of amides is 4. The first kappa shape index (κ1) is 19.2. The highest BCUT2D eigenvalue weighted by atomic mass is 16.5. The quantitative estimate of drug-likeness (QED) is 0.749. The molecule has 146 valence electrons. The number of hydrogen-bond donors (Lipinski definition) is 2. The largest absolute Gasteiger partial charge is 0.496 e. The van der Waals surface area contributed by atoms with Crippen LogP contribution in [0.25, 0.3) is 0 Å². The van der Waals surface area contributed by atoms with E-state index in [0.717, 1.165) is 29.7 Å². The Kier molecular flexibility index (Phi) is 5.68. The summed E-state index contributed by atoms with van der Waals surface area (Å²) in [7, 11) is 1.57. The first-order valence-electron chi connectivity index (χ1n) is 9.52. The average molecular weight is 373 g/mol. The third-order valence-corrected chi connectivity index (χ3v) is 5.75. The van der Waals surface area contributed by atoms with Gasteiger partial charge in [0.25, 0.3) is 5.91 Å². The molecule has 1 aliphatic carbocycles. The van der Waals surface area contributed by atoms with E-state index in [1.54, 1.807) is 7.11 Å². The SMILES string of the molecule is CCC1CCC2(CC1)NC(=O)N(CC(=O)NCc1ccccc1OC)C2=O. The molecular weight excluding hydrogens is 346 g/mol.